The normalized spacial score (nSPS) is 14.3. The van der Waals surface area contributed by atoms with Crippen molar-refractivity contribution in [2.75, 3.05) is 4.90 Å². The van der Waals surface area contributed by atoms with E-state index in [-0.39, 0.29) is 13.4 Å². The predicted octanol–water partition coefficient (Wildman–Crippen LogP) is 5.64. The summed E-state index contributed by atoms with van der Waals surface area (Å²) in [5.74, 6) is 0. The number of hydrogen-bond donors (Lipinski definition) is 0. The van der Waals surface area contributed by atoms with Crippen LogP contribution < -0.4 is 37.7 Å². The lowest BCUT2D eigenvalue weighted by Gasteiger charge is -2.46. The van der Waals surface area contributed by atoms with Gasteiger partial charge in [0.2, 0.25) is 0 Å². The Kier molecular flexibility index (Phi) is 3.84. The first-order chi connectivity index (χ1) is 23.4. The van der Waals surface area contributed by atoms with E-state index in [0.717, 1.165) is 0 Å². The summed E-state index contributed by atoms with van der Waals surface area (Å²) in [6.45, 7) is 0.312. The SMILES string of the molecule is c1cc2c3c(c1)B1c4c(cccc4-n4c5ccccc5c5cccc1c54)N3c1cccc3c1B2c1cccc2c4ccccc4n-3c12. The summed E-state index contributed by atoms with van der Waals surface area (Å²) in [6.07, 6.45) is 0. The van der Waals surface area contributed by atoms with Crippen molar-refractivity contribution in [1.82, 2.24) is 9.13 Å². The lowest BCUT2D eigenvalue weighted by Crippen LogP contribution is -2.67. The minimum atomic E-state index is 0.156. The van der Waals surface area contributed by atoms with Gasteiger partial charge in [-0.25, -0.2) is 0 Å². The monoisotopic (exact) mass is 591 g/mol. The molecule has 0 amide bonds. The second-order valence-corrected chi connectivity index (χ2v) is 13.6. The maximum Gasteiger partial charge on any atom is 0.252 e. The Morgan fingerprint density at radius 3 is 1.28 bits per heavy atom. The van der Waals surface area contributed by atoms with Crippen LogP contribution >= 0.6 is 0 Å². The number of aromatic nitrogens is 2. The summed E-state index contributed by atoms with van der Waals surface area (Å²) in [4.78, 5) is 2.61. The summed E-state index contributed by atoms with van der Waals surface area (Å²) in [5, 5.41) is 5.31. The van der Waals surface area contributed by atoms with Crippen molar-refractivity contribution in [3.63, 3.8) is 0 Å². The van der Waals surface area contributed by atoms with Crippen molar-refractivity contribution >= 4 is 107 Å². The number of nitrogens with zero attached hydrogens (tertiary/aromatic N) is 3. The van der Waals surface area contributed by atoms with Gasteiger partial charge in [-0.05, 0) is 69.2 Å². The lowest BCUT2D eigenvalue weighted by molar-refractivity contribution is 1.17. The van der Waals surface area contributed by atoms with E-state index in [1.165, 1.54) is 105 Å². The molecule has 0 unspecified atom stereocenters. The third-order valence-electron chi connectivity index (χ3n) is 11.7. The Hall–Kier alpha value is -5.93. The quantitative estimate of drug-likeness (QED) is 0.208. The van der Waals surface area contributed by atoms with Gasteiger partial charge in [0.05, 0.1) is 11.0 Å². The minimum Gasteiger partial charge on any atom is -0.312 e. The van der Waals surface area contributed by atoms with Crippen molar-refractivity contribution in [3.8, 4) is 11.4 Å². The van der Waals surface area contributed by atoms with Crippen molar-refractivity contribution < 1.29 is 0 Å². The molecule has 9 aromatic rings. The summed E-state index contributed by atoms with van der Waals surface area (Å²) in [5.41, 5.74) is 20.2. The highest BCUT2D eigenvalue weighted by Crippen LogP contribution is 2.44. The van der Waals surface area contributed by atoms with E-state index in [4.69, 9.17) is 0 Å². The molecule has 6 heterocycles. The molecule has 4 aliphatic heterocycles. The van der Waals surface area contributed by atoms with Crippen LogP contribution in [0.2, 0.25) is 0 Å². The molecule has 0 saturated carbocycles. The zero-order chi connectivity index (χ0) is 30.1. The van der Waals surface area contributed by atoms with Crippen molar-refractivity contribution in [1.29, 1.82) is 0 Å². The van der Waals surface area contributed by atoms with E-state index in [1.54, 1.807) is 0 Å². The second kappa shape index (κ2) is 7.71. The Bertz CT molecular complexity index is 2750. The molecule has 47 heavy (non-hydrogen) atoms. The van der Waals surface area contributed by atoms with Crippen LogP contribution in [-0.4, -0.2) is 22.6 Å². The van der Waals surface area contributed by atoms with Crippen LogP contribution in [0.15, 0.2) is 140 Å². The van der Waals surface area contributed by atoms with Crippen LogP contribution in [0.25, 0.3) is 55.0 Å². The highest BCUT2D eigenvalue weighted by atomic mass is 15.2. The van der Waals surface area contributed by atoms with E-state index in [0.29, 0.717) is 0 Å². The molecule has 0 bridgehead atoms. The van der Waals surface area contributed by atoms with Crippen molar-refractivity contribution in [2.24, 2.45) is 0 Å². The maximum atomic E-state index is 2.61. The Labute approximate surface area is 271 Å². The molecule has 0 saturated heterocycles. The van der Waals surface area contributed by atoms with Gasteiger partial charge in [0, 0.05) is 61.0 Å². The van der Waals surface area contributed by atoms with Gasteiger partial charge in [-0.1, -0.05) is 103 Å². The zero-order valence-corrected chi connectivity index (χ0v) is 25.3. The van der Waals surface area contributed by atoms with Gasteiger partial charge >= 0.3 is 0 Å². The molecule has 0 fully saturated rings. The fourth-order valence-electron chi connectivity index (χ4n) is 10.1. The molecule has 0 radical (unpaired) electrons. The van der Waals surface area contributed by atoms with Gasteiger partial charge in [-0.3, -0.25) is 0 Å². The molecule has 0 aliphatic carbocycles. The minimum absolute atomic E-state index is 0.156. The first kappa shape index (κ1) is 23.4. The summed E-state index contributed by atoms with van der Waals surface area (Å²) in [7, 11) is 0. The first-order valence-corrected chi connectivity index (χ1v) is 16.6. The number of benzene rings is 7. The van der Waals surface area contributed by atoms with Gasteiger partial charge in [0.1, 0.15) is 0 Å². The largest absolute Gasteiger partial charge is 0.312 e. The third kappa shape index (κ3) is 2.45. The predicted molar refractivity (Wildman–Crippen MR) is 199 cm³/mol. The fraction of sp³-hybridized carbons (Fsp3) is 0. The molecular formula is C42H23B2N3. The van der Waals surface area contributed by atoms with Gasteiger partial charge in [-0.2, -0.15) is 0 Å². The van der Waals surface area contributed by atoms with Gasteiger partial charge in [0.15, 0.2) is 0 Å². The smallest absolute Gasteiger partial charge is 0.252 e. The average Bonchev–Trinajstić information content (AvgIpc) is 3.65. The number of hydrogen-bond acceptors (Lipinski definition) is 1. The Morgan fingerprint density at radius 2 is 0.745 bits per heavy atom. The highest BCUT2D eigenvalue weighted by molar-refractivity contribution is 7.04. The van der Waals surface area contributed by atoms with Gasteiger partial charge in [0.25, 0.3) is 13.4 Å². The average molecular weight is 591 g/mol. The number of rotatable bonds is 0. The molecule has 0 N–H and O–H groups in total. The number of anilines is 3. The van der Waals surface area contributed by atoms with E-state index < -0.39 is 0 Å². The molecule has 5 heteroatoms. The Morgan fingerprint density at radius 1 is 0.340 bits per heavy atom. The second-order valence-electron chi connectivity index (χ2n) is 13.6. The van der Waals surface area contributed by atoms with Crippen LogP contribution in [0.4, 0.5) is 17.1 Å². The molecule has 0 atom stereocenters. The van der Waals surface area contributed by atoms with Crippen LogP contribution in [-0.2, 0) is 0 Å². The third-order valence-corrected chi connectivity index (χ3v) is 11.7. The van der Waals surface area contributed by atoms with Crippen LogP contribution in [0.3, 0.4) is 0 Å². The fourth-order valence-corrected chi connectivity index (χ4v) is 10.1. The lowest BCUT2D eigenvalue weighted by atomic mass is 9.29. The molecule has 0 spiro atoms. The molecule has 7 aromatic carbocycles. The van der Waals surface area contributed by atoms with E-state index >= 15 is 0 Å². The van der Waals surface area contributed by atoms with Crippen molar-refractivity contribution in [2.45, 2.75) is 0 Å². The summed E-state index contributed by atoms with van der Waals surface area (Å²) in [6, 6.07) is 52.8. The van der Waals surface area contributed by atoms with Crippen LogP contribution in [0, 0.1) is 0 Å². The Balaban J connectivity index is 1.21. The van der Waals surface area contributed by atoms with Crippen LogP contribution in [0.5, 0.6) is 0 Å². The molecule has 4 aliphatic rings. The molecule has 212 valence electrons. The van der Waals surface area contributed by atoms with Gasteiger partial charge in [-0.15, -0.1) is 0 Å². The van der Waals surface area contributed by atoms with E-state index in [1.807, 2.05) is 0 Å². The van der Waals surface area contributed by atoms with E-state index in [9.17, 15) is 0 Å². The van der Waals surface area contributed by atoms with Crippen LogP contribution in [0.1, 0.15) is 0 Å². The number of para-hydroxylation sites is 5. The summed E-state index contributed by atoms with van der Waals surface area (Å²) >= 11 is 0. The van der Waals surface area contributed by atoms with Gasteiger partial charge < -0.3 is 14.0 Å². The van der Waals surface area contributed by atoms with Crippen molar-refractivity contribution in [3.05, 3.63) is 140 Å². The molecule has 3 nitrogen and oxygen atoms in total. The topological polar surface area (TPSA) is 13.1 Å². The first-order valence-electron chi connectivity index (χ1n) is 16.6. The molecule has 13 rings (SSSR count). The zero-order valence-electron chi connectivity index (χ0n) is 25.3. The molecular weight excluding hydrogens is 568 g/mol. The summed E-state index contributed by atoms with van der Waals surface area (Å²) < 4.78 is 5.08. The van der Waals surface area contributed by atoms with E-state index in [2.05, 4.69) is 154 Å². The molecule has 2 aromatic heterocycles. The standard InChI is InChI=1S/C42H23B2N3/c1-3-18-32-24(10-1)26-12-5-14-28-40(26)45(32)34-20-8-22-36-38(34)43(28)30-16-7-17-31-42(30)47(36)37-23-9-21-35-39(37)44(31)29-15-6-13-27-25-11-2-4-19-33(25)46(35)41(27)29/h1-23H. The maximum absolute atomic E-state index is 2.61. The number of fused-ring (bicyclic) bond motifs is 14. The highest BCUT2D eigenvalue weighted by Gasteiger charge is 2.48.